The summed E-state index contributed by atoms with van der Waals surface area (Å²) in [5.74, 6) is -3.48. The SMILES string of the molecule is NC(N)=NCCC[C@H](NC(=O)[C@@H](N)CO)C(=O)NCC(=O)NCC(=O)O. The molecule has 0 aromatic rings. The lowest BCUT2D eigenvalue weighted by atomic mass is 10.1. The number of aliphatic carboxylic acids is 1. The third-order valence-electron chi connectivity index (χ3n) is 2.97. The van der Waals surface area contributed by atoms with Crippen LogP contribution in [0.25, 0.3) is 0 Å². The van der Waals surface area contributed by atoms with Crippen LogP contribution in [0.5, 0.6) is 0 Å². The molecule has 0 spiro atoms. The molecule has 0 rings (SSSR count). The maximum atomic E-state index is 12.1. The standard InChI is InChI=1S/C13H25N7O6/c14-7(6-21)11(25)20-8(2-1-3-17-13(15)16)12(26)19-4-9(22)18-5-10(23)24/h7-8,21H,1-6,14H2,(H,18,22)(H,19,26)(H,20,25)(H,23,24)(H4,15,16,17)/t7-,8-/m0/s1. The van der Waals surface area contributed by atoms with E-state index in [0.717, 1.165) is 0 Å². The first-order valence-electron chi connectivity index (χ1n) is 7.65. The third kappa shape index (κ3) is 10.8. The lowest BCUT2D eigenvalue weighted by molar-refractivity contribution is -0.138. The highest BCUT2D eigenvalue weighted by Gasteiger charge is 2.23. The smallest absolute Gasteiger partial charge is 0.322 e. The molecular formula is C13H25N7O6. The van der Waals surface area contributed by atoms with Crippen LogP contribution in [0.1, 0.15) is 12.8 Å². The molecule has 0 unspecified atom stereocenters. The second-order valence-corrected chi connectivity index (χ2v) is 5.19. The third-order valence-corrected chi connectivity index (χ3v) is 2.97. The van der Waals surface area contributed by atoms with Gasteiger partial charge >= 0.3 is 5.97 Å². The summed E-state index contributed by atoms with van der Waals surface area (Å²) in [7, 11) is 0. The molecule has 0 aliphatic carbocycles. The van der Waals surface area contributed by atoms with Crippen molar-refractivity contribution < 1.29 is 29.4 Å². The monoisotopic (exact) mass is 375 g/mol. The normalized spacial score (nSPS) is 12.4. The van der Waals surface area contributed by atoms with Gasteiger partial charge in [-0.3, -0.25) is 24.2 Å². The van der Waals surface area contributed by atoms with Crippen LogP contribution in [-0.4, -0.2) is 78.2 Å². The van der Waals surface area contributed by atoms with Gasteiger partial charge in [-0.15, -0.1) is 0 Å². The number of nitrogens with zero attached hydrogens (tertiary/aromatic N) is 1. The summed E-state index contributed by atoms with van der Waals surface area (Å²) < 4.78 is 0. The number of guanidine groups is 1. The summed E-state index contributed by atoms with van der Waals surface area (Å²) in [5, 5.41) is 24.0. The molecule has 0 aliphatic rings. The number of carboxylic acid groups (broad SMARTS) is 1. The molecule has 2 atom stereocenters. The van der Waals surface area contributed by atoms with Gasteiger partial charge < -0.3 is 43.4 Å². The number of rotatable bonds is 12. The van der Waals surface area contributed by atoms with Crippen LogP contribution in [-0.2, 0) is 19.2 Å². The van der Waals surface area contributed by atoms with Crippen molar-refractivity contribution in [2.24, 2.45) is 22.2 Å². The number of aliphatic hydroxyl groups excluding tert-OH is 1. The Kier molecular flexibility index (Phi) is 11.0. The molecule has 0 heterocycles. The Balaban J connectivity index is 4.66. The van der Waals surface area contributed by atoms with Crippen molar-refractivity contribution in [2.45, 2.75) is 24.9 Å². The Morgan fingerprint density at radius 1 is 1.04 bits per heavy atom. The number of nitrogens with one attached hydrogen (secondary N) is 3. The number of hydrogen-bond donors (Lipinski definition) is 8. The Labute approximate surface area is 149 Å². The topological polar surface area (TPSA) is 235 Å². The summed E-state index contributed by atoms with van der Waals surface area (Å²) >= 11 is 0. The van der Waals surface area contributed by atoms with Gasteiger partial charge in [0.15, 0.2) is 5.96 Å². The highest BCUT2D eigenvalue weighted by Crippen LogP contribution is 1.99. The minimum Gasteiger partial charge on any atom is -0.480 e. The van der Waals surface area contributed by atoms with Crippen LogP contribution in [0.2, 0.25) is 0 Å². The molecule has 26 heavy (non-hydrogen) atoms. The first-order chi connectivity index (χ1) is 12.2. The van der Waals surface area contributed by atoms with Crippen molar-refractivity contribution in [2.75, 3.05) is 26.2 Å². The molecule has 3 amide bonds. The van der Waals surface area contributed by atoms with Crippen LogP contribution in [0.15, 0.2) is 4.99 Å². The van der Waals surface area contributed by atoms with Gasteiger partial charge in [-0.2, -0.15) is 0 Å². The molecule has 0 bridgehead atoms. The first kappa shape index (κ1) is 23.1. The van der Waals surface area contributed by atoms with E-state index in [1.165, 1.54) is 0 Å². The average Bonchev–Trinajstić information content (AvgIpc) is 2.59. The van der Waals surface area contributed by atoms with Gasteiger partial charge in [0.1, 0.15) is 18.6 Å². The maximum Gasteiger partial charge on any atom is 0.322 e. The highest BCUT2D eigenvalue weighted by molar-refractivity contribution is 5.92. The van der Waals surface area contributed by atoms with Crippen molar-refractivity contribution in [3.63, 3.8) is 0 Å². The summed E-state index contributed by atoms with van der Waals surface area (Å²) in [6.45, 7) is -1.45. The second-order valence-electron chi connectivity index (χ2n) is 5.19. The van der Waals surface area contributed by atoms with Crippen molar-refractivity contribution >= 4 is 29.7 Å². The maximum absolute atomic E-state index is 12.1. The molecule has 0 fully saturated rings. The van der Waals surface area contributed by atoms with Crippen LogP contribution in [0.3, 0.4) is 0 Å². The minimum atomic E-state index is -1.23. The van der Waals surface area contributed by atoms with Gasteiger partial charge in [0.2, 0.25) is 17.7 Å². The molecule has 11 N–H and O–H groups in total. The number of carbonyl (C=O) groups excluding carboxylic acids is 3. The van der Waals surface area contributed by atoms with E-state index in [1.807, 2.05) is 0 Å². The predicted molar refractivity (Wildman–Crippen MR) is 90.6 cm³/mol. The van der Waals surface area contributed by atoms with E-state index in [0.29, 0.717) is 6.42 Å². The molecule has 0 aliphatic heterocycles. The fraction of sp³-hybridized carbons (Fsp3) is 0.615. The predicted octanol–water partition coefficient (Wildman–Crippen LogP) is -4.84. The Morgan fingerprint density at radius 2 is 1.69 bits per heavy atom. The fourth-order valence-electron chi connectivity index (χ4n) is 1.66. The molecule has 13 nitrogen and oxygen atoms in total. The average molecular weight is 375 g/mol. The van der Waals surface area contributed by atoms with Crippen molar-refractivity contribution in [1.29, 1.82) is 0 Å². The second kappa shape index (κ2) is 12.4. The number of carboxylic acids is 1. The molecule has 148 valence electrons. The molecular weight excluding hydrogens is 350 g/mol. The largest absolute Gasteiger partial charge is 0.480 e. The van der Waals surface area contributed by atoms with E-state index in [2.05, 4.69) is 20.9 Å². The van der Waals surface area contributed by atoms with Gasteiger partial charge in [-0.1, -0.05) is 0 Å². The molecule has 0 saturated carbocycles. The van der Waals surface area contributed by atoms with Crippen LogP contribution in [0.4, 0.5) is 0 Å². The zero-order valence-corrected chi connectivity index (χ0v) is 14.1. The summed E-state index contributed by atoms with van der Waals surface area (Å²) in [5.41, 5.74) is 15.8. The van der Waals surface area contributed by atoms with Crippen molar-refractivity contribution in [1.82, 2.24) is 16.0 Å². The van der Waals surface area contributed by atoms with E-state index in [1.54, 1.807) is 0 Å². The quantitative estimate of drug-likeness (QED) is 0.0925. The van der Waals surface area contributed by atoms with Gasteiger partial charge in [-0.25, -0.2) is 0 Å². The summed E-state index contributed by atoms with van der Waals surface area (Å²) in [6, 6.07) is -2.25. The van der Waals surface area contributed by atoms with E-state index in [9.17, 15) is 19.2 Å². The number of amides is 3. The van der Waals surface area contributed by atoms with E-state index >= 15 is 0 Å². The zero-order valence-electron chi connectivity index (χ0n) is 14.1. The van der Waals surface area contributed by atoms with E-state index in [4.69, 9.17) is 27.4 Å². The zero-order chi connectivity index (χ0) is 20.1. The first-order valence-corrected chi connectivity index (χ1v) is 7.65. The van der Waals surface area contributed by atoms with Gasteiger partial charge in [-0.05, 0) is 12.8 Å². The minimum absolute atomic E-state index is 0.118. The van der Waals surface area contributed by atoms with Crippen molar-refractivity contribution in [3.05, 3.63) is 0 Å². The van der Waals surface area contributed by atoms with Gasteiger partial charge in [0.25, 0.3) is 0 Å². The lowest BCUT2D eigenvalue weighted by Gasteiger charge is -2.19. The number of carbonyl (C=O) groups is 4. The molecule has 13 heteroatoms. The van der Waals surface area contributed by atoms with Gasteiger partial charge in [0, 0.05) is 6.54 Å². The van der Waals surface area contributed by atoms with E-state index < -0.39 is 55.5 Å². The van der Waals surface area contributed by atoms with Crippen LogP contribution >= 0.6 is 0 Å². The summed E-state index contributed by atoms with van der Waals surface area (Å²) in [6.07, 6.45) is 0.485. The number of aliphatic hydroxyl groups is 1. The van der Waals surface area contributed by atoms with Crippen LogP contribution in [0, 0.1) is 0 Å². The fourth-order valence-corrected chi connectivity index (χ4v) is 1.66. The Hall–Kier alpha value is -2.93. The lowest BCUT2D eigenvalue weighted by Crippen LogP contribution is -2.53. The molecule has 0 radical (unpaired) electrons. The Morgan fingerprint density at radius 3 is 2.23 bits per heavy atom. The van der Waals surface area contributed by atoms with E-state index in [-0.39, 0.29) is 18.9 Å². The summed E-state index contributed by atoms with van der Waals surface area (Å²) in [4.78, 5) is 49.4. The number of nitrogens with two attached hydrogens (primary N) is 3. The number of aliphatic imine (C=N–C) groups is 1. The molecule has 0 aromatic heterocycles. The van der Waals surface area contributed by atoms with Gasteiger partial charge in [0.05, 0.1) is 13.2 Å². The van der Waals surface area contributed by atoms with Crippen molar-refractivity contribution in [3.8, 4) is 0 Å². The highest BCUT2D eigenvalue weighted by atomic mass is 16.4. The Bertz CT molecular complexity index is 535. The van der Waals surface area contributed by atoms with Crippen LogP contribution < -0.4 is 33.2 Å². The number of hydrogen-bond acceptors (Lipinski definition) is 7. The molecule has 0 aromatic carbocycles. The molecule has 0 saturated heterocycles.